The van der Waals surface area contributed by atoms with Crippen molar-refractivity contribution in [1.29, 1.82) is 0 Å². The van der Waals surface area contributed by atoms with Crippen LogP contribution in [-0.4, -0.2) is 33.5 Å². The summed E-state index contributed by atoms with van der Waals surface area (Å²) in [5.74, 6) is -0.495. The van der Waals surface area contributed by atoms with Crippen molar-refractivity contribution in [3.8, 4) is 0 Å². The molecular weight excluding hydrogens is 264 g/mol. The zero-order valence-corrected chi connectivity index (χ0v) is 12.4. The third kappa shape index (κ3) is 2.76. The molecular formula is C17H20N2O2. The molecule has 2 atom stereocenters. The number of likely N-dealkylation sites (tertiary alicyclic amines) is 1. The second kappa shape index (κ2) is 5.45. The number of carboxylic acid groups (broad SMARTS) is 1. The van der Waals surface area contributed by atoms with Crippen molar-refractivity contribution in [2.45, 2.75) is 32.9 Å². The van der Waals surface area contributed by atoms with Gasteiger partial charge in [0.05, 0.1) is 5.52 Å². The fourth-order valence-corrected chi connectivity index (χ4v) is 3.21. The molecule has 1 aromatic carbocycles. The lowest BCUT2D eigenvalue weighted by Gasteiger charge is -2.23. The molecule has 0 spiro atoms. The highest BCUT2D eigenvalue weighted by Gasteiger charge is 2.36. The summed E-state index contributed by atoms with van der Waals surface area (Å²) in [5.41, 5.74) is 3.14. The zero-order chi connectivity index (χ0) is 15.0. The van der Waals surface area contributed by atoms with E-state index in [2.05, 4.69) is 28.1 Å². The molecule has 0 saturated carbocycles. The van der Waals surface area contributed by atoms with E-state index in [9.17, 15) is 9.90 Å². The summed E-state index contributed by atoms with van der Waals surface area (Å²) in [6, 6.07) is 9.90. The van der Waals surface area contributed by atoms with Crippen LogP contribution in [0.5, 0.6) is 0 Å². The highest BCUT2D eigenvalue weighted by Crippen LogP contribution is 2.26. The Hall–Kier alpha value is -1.94. The van der Waals surface area contributed by atoms with Gasteiger partial charge in [-0.3, -0.25) is 14.7 Å². The maximum absolute atomic E-state index is 11.4. The van der Waals surface area contributed by atoms with E-state index in [4.69, 9.17) is 0 Å². The number of aliphatic carboxylic acids is 1. The Bertz CT molecular complexity index is 684. The van der Waals surface area contributed by atoms with Gasteiger partial charge in [-0.25, -0.2) is 0 Å². The van der Waals surface area contributed by atoms with E-state index in [-0.39, 0.29) is 12.0 Å². The minimum Gasteiger partial charge on any atom is -0.480 e. The topological polar surface area (TPSA) is 53.4 Å². The number of pyridine rings is 1. The number of hydrogen-bond acceptors (Lipinski definition) is 3. The maximum Gasteiger partial charge on any atom is 0.321 e. The fourth-order valence-electron chi connectivity index (χ4n) is 3.21. The first-order valence-electron chi connectivity index (χ1n) is 7.38. The summed E-state index contributed by atoms with van der Waals surface area (Å²) in [4.78, 5) is 18.0. The molecule has 4 heteroatoms. The molecule has 21 heavy (non-hydrogen) atoms. The molecule has 0 amide bonds. The molecule has 0 radical (unpaired) electrons. The van der Waals surface area contributed by atoms with E-state index in [1.165, 1.54) is 0 Å². The van der Waals surface area contributed by atoms with Crippen molar-refractivity contribution in [3.63, 3.8) is 0 Å². The number of rotatable bonds is 3. The molecule has 1 aromatic heterocycles. The van der Waals surface area contributed by atoms with Crippen LogP contribution in [-0.2, 0) is 11.3 Å². The van der Waals surface area contributed by atoms with E-state index in [1.54, 1.807) is 0 Å². The van der Waals surface area contributed by atoms with Crippen molar-refractivity contribution < 1.29 is 9.90 Å². The summed E-state index contributed by atoms with van der Waals surface area (Å²) < 4.78 is 0. The molecule has 4 nitrogen and oxygen atoms in total. The Kier molecular flexibility index (Phi) is 3.64. The normalized spacial score (nSPS) is 22.8. The fraction of sp³-hybridized carbons (Fsp3) is 0.412. The van der Waals surface area contributed by atoms with Gasteiger partial charge in [0, 0.05) is 17.6 Å². The lowest BCUT2D eigenvalue weighted by atomic mass is 10.0. The molecule has 2 aromatic rings. The van der Waals surface area contributed by atoms with Crippen LogP contribution in [0.1, 0.15) is 24.6 Å². The van der Waals surface area contributed by atoms with E-state index >= 15 is 0 Å². The van der Waals surface area contributed by atoms with Crippen LogP contribution >= 0.6 is 0 Å². The van der Waals surface area contributed by atoms with Gasteiger partial charge in [0.2, 0.25) is 0 Å². The monoisotopic (exact) mass is 284 g/mol. The van der Waals surface area contributed by atoms with E-state index in [0.29, 0.717) is 6.54 Å². The Balaban J connectivity index is 1.84. The van der Waals surface area contributed by atoms with Gasteiger partial charge >= 0.3 is 5.97 Å². The highest BCUT2D eigenvalue weighted by atomic mass is 16.4. The summed E-state index contributed by atoms with van der Waals surface area (Å²) in [6.07, 6.45) is 0.950. The van der Waals surface area contributed by atoms with Gasteiger partial charge in [-0.15, -0.1) is 0 Å². The van der Waals surface area contributed by atoms with E-state index in [1.807, 2.05) is 26.0 Å². The van der Waals surface area contributed by atoms with Gasteiger partial charge in [0.25, 0.3) is 0 Å². The van der Waals surface area contributed by atoms with Crippen molar-refractivity contribution in [2.75, 3.05) is 6.54 Å². The van der Waals surface area contributed by atoms with Crippen LogP contribution in [0.2, 0.25) is 0 Å². The van der Waals surface area contributed by atoms with Crippen LogP contribution in [0.4, 0.5) is 0 Å². The van der Waals surface area contributed by atoms with Gasteiger partial charge in [-0.1, -0.05) is 19.1 Å². The lowest BCUT2D eigenvalue weighted by Crippen LogP contribution is -2.38. The van der Waals surface area contributed by atoms with Crippen LogP contribution in [0, 0.1) is 12.8 Å². The SMILES string of the molecule is Cc1ccc2cc(CN3CCC(C)C3C(=O)O)ccc2n1. The van der Waals surface area contributed by atoms with Crippen molar-refractivity contribution in [1.82, 2.24) is 9.88 Å². The molecule has 1 aliphatic rings. The van der Waals surface area contributed by atoms with Gasteiger partial charge in [0.1, 0.15) is 6.04 Å². The van der Waals surface area contributed by atoms with Crippen LogP contribution in [0.15, 0.2) is 30.3 Å². The Morgan fingerprint density at radius 2 is 2.19 bits per heavy atom. The van der Waals surface area contributed by atoms with Gasteiger partial charge in [-0.05, 0) is 49.6 Å². The predicted molar refractivity (Wildman–Crippen MR) is 82.1 cm³/mol. The van der Waals surface area contributed by atoms with Crippen LogP contribution in [0.3, 0.4) is 0 Å². The van der Waals surface area contributed by atoms with E-state index in [0.717, 1.165) is 35.1 Å². The van der Waals surface area contributed by atoms with Gasteiger partial charge in [0.15, 0.2) is 0 Å². The third-order valence-electron chi connectivity index (χ3n) is 4.34. The Morgan fingerprint density at radius 3 is 2.95 bits per heavy atom. The summed E-state index contributed by atoms with van der Waals surface area (Å²) in [7, 11) is 0. The first-order valence-corrected chi connectivity index (χ1v) is 7.38. The first kappa shape index (κ1) is 14.0. The number of fused-ring (bicyclic) bond motifs is 1. The van der Waals surface area contributed by atoms with E-state index < -0.39 is 5.97 Å². The minimum absolute atomic E-state index is 0.215. The second-order valence-corrected chi connectivity index (χ2v) is 6.00. The quantitative estimate of drug-likeness (QED) is 0.941. The van der Waals surface area contributed by atoms with Crippen LogP contribution < -0.4 is 0 Å². The molecule has 2 unspecified atom stereocenters. The van der Waals surface area contributed by atoms with Crippen molar-refractivity contribution in [3.05, 3.63) is 41.6 Å². The lowest BCUT2D eigenvalue weighted by molar-refractivity contribution is -0.143. The number of benzene rings is 1. The zero-order valence-electron chi connectivity index (χ0n) is 12.4. The largest absolute Gasteiger partial charge is 0.480 e. The second-order valence-electron chi connectivity index (χ2n) is 6.00. The summed E-state index contributed by atoms with van der Waals surface area (Å²) in [6.45, 7) is 5.54. The molecule has 3 rings (SSSR count). The number of carboxylic acids is 1. The average Bonchev–Trinajstić information content (AvgIpc) is 2.80. The molecule has 110 valence electrons. The van der Waals surface area contributed by atoms with Crippen molar-refractivity contribution >= 4 is 16.9 Å². The standard InChI is InChI=1S/C17H20N2O2/c1-11-7-8-19(16(11)17(20)21)10-13-4-6-15-14(9-13)5-3-12(2)18-15/h3-6,9,11,16H,7-8,10H2,1-2H3,(H,20,21). The summed E-state index contributed by atoms with van der Waals surface area (Å²) >= 11 is 0. The number of nitrogens with zero attached hydrogens (tertiary/aromatic N) is 2. The van der Waals surface area contributed by atoms with Crippen LogP contribution in [0.25, 0.3) is 10.9 Å². The Morgan fingerprint density at radius 1 is 1.38 bits per heavy atom. The molecule has 2 heterocycles. The molecule has 1 aliphatic heterocycles. The third-order valence-corrected chi connectivity index (χ3v) is 4.34. The van der Waals surface area contributed by atoms with Gasteiger partial charge < -0.3 is 5.11 Å². The number of aromatic nitrogens is 1. The minimum atomic E-state index is -0.710. The number of carbonyl (C=O) groups is 1. The molecule has 0 bridgehead atoms. The summed E-state index contributed by atoms with van der Waals surface area (Å²) in [5, 5.41) is 10.5. The Labute approximate surface area is 124 Å². The molecule has 1 N–H and O–H groups in total. The number of aryl methyl sites for hydroxylation is 1. The molecule has 1 saturated heterocycles. The van der Waals surface area contributed by atoms with Crippen molar-refractivity contribution in [2.24, 2.45) is 5.92 Å². The predicted octanol–water partition coefficient (Wildman–Crippen LogP) is 2.84. The maximum atomic E-state index is 11.4. The average molecular weight is 284 g/mol. The van der Waals surface area contributed by atoms with Gasteiger partial charge in [-0.2, -0.15) is 0 Å². The highest BCUT2D eigenvalue weighted by molar-refractivity contribution is 5.79. The molecule has 0 aliphatic carbocycles. The smallest absolute Gasteiger partial charge is 0.321 e. The molecule has 1 fully saturated rings. The number of hydrogen-bond donors (Lipinski definition) is 1. The first-order chi connectivity index (χ1) is 10.0.